The Morgan fingerprint density at radius 1 is 0.614 bits per heavy atom. The molecule has 14 heteroatoms. The molecule has 14 nitrogen and oxygen atoms in total. The van der Waals surface area contributed by atoms with Crippen LogP contribution < -0.4 is 5.32 Å². The van der Waals surface area contributed by atoms with E-state index in [1.807, 2.05) is 6.08 Å². The number of ether oxygens (including phenoxy) is 4. The Morgan fingerprint density at radius 3 is 1.77 bits per heavy atom. The lowest BCUT2D eigenvalue weighted by Gasteiger charge is -2.46. The average molecular weight is 816 g/mol. The molecule has 0 spiro atoms. The van der Waals surface area contributed by atoms with Gasteiger partial charge in [-0.2, -0.15) is 0 Å². The van der Waals surface area contributed by atoms with Gasteiger partial charge in [-0.1, -0.05) is 115 Å². The van der Waals surface area contributed by atoms with Gasteiger partial charge in [-0.05, 0) is 51.4 Å². The third kappa shape index (κ3) is 19.9. The van der Waals surface area contributed by atoms with Crippen molar-refractivity contribution in [3.05, 3.63) is 36.5 Å². The average Bonchev–Trinajstić information content (AvgIpc) is 3.21. The van der Waals surface area contributed by atoms with E-state index in [1.54, 1.807) is 6.08 Å². The zero-order valence-corrected chi connectivity index (χ0v) is 34.6. The number of amides is 1. The number of rotatable bonds is 31. The van der Waals surface area contributed by atoms with Crippen molar-refractivity contribution < 1.29 is 64.6 Å². The maximum absolute atomic E-state index is 13.0. The van der Waals surface area contributed by atoms with Crippen LogP contribution in [0.15, 0.2) is 36.5 Å². The quantitative estimate of drug-likeness (QED) is 0.0361. The molecule has 2 rings (SSSR count). The summed E-state index contributed by atoms with van der Waals surface area (Å²) < 4.78 is 22.5. The van der Waals surface area contributed by atoms with Crippen molar-refractivity contribution in [1.82, 2.24) is 5.32 Å². The van der Waals surface area contributed by atoms with Crippen molar-refractivity contribution in [3.63, 3.8) is 0 Å². The van der Waals surface area contributed by atoms with Crippen LogP contribution in [0, 0.1) is 0 Å². The molecular weight excluding hydrogens is 738 g/mol. The van der Waals surface area contributed by atoms with E-state index in [-0.39, 0.29) is 18.9 Å². The SMILES string of the molecule is CCCC/C=C\CCCCCCCC(=O)NC(COC1OC(CO)C(OC2OC(CO)C(O)C(O)C2O)C(O)C1O)C(O)/C=C/CC/C=C/CCCCCCCC. The first kappa shape index (κ1) is 51.4. The monoisotopic (exact) mass is 816 g/mol. The highest BCUT2D eigenvalue weighted by Gasteiger charge is 2.50. The largest absolute Gasteiger partial charge is 0.394 e. The minimum absolute atomic E-state index is 0.262. The number of allylic oxidation sites excluding steroid dienone is 5. The number of unbranched alkanes of at least 4 members (excludes halogenated alkanes) is 14. The summed E-state index contributed by atoms with van der Waals surface area (Å²) >= 11 is 0. The lowest BCUT2D eigenvalue weighted by Crippen LogP contribution is -2.65. The molecule has 332 valence electrons. The van der Waals surface area contributed by atoms with Gasteiger partial charge < -0.3 is 65.1 Å². The molecule has 12 atom stereocenters. The van der Waals surface area contributed by atoms with Crippen molar-refractivity contribution in [2.24, 2.45) is 0 Å². The van der Waals surface area contributed by atoms with Crippen LogP contribution in [0.4, 0.5) is 0 Å². The van der Waals surface area contributed by atoms with Gasteiger partial charge in [0.1, 0.15) is 48.8 Å². The first-order chi connectivity index (χ1) is 27.6. The number of nitrogens with one attached hydrogen (secondary N) is 1. The molecule has 2 fully saturated rings. The lowest BCUT2D eigenvalue weighted by atomic mass is 9.97. The fourth-order valence-electron chi connectivity index (χ4n) is 6.87. The molecule has 9 N–H and O–H groups in total. The van der Waals surface area contributed by atoms with Gasteiger partial charge in [0.25, 0.3) is 0 Å². The molecule has 2 heterocycles. The lowest BCUT2D eigenvalue weighted by molar-refractivity contribution is -0.359. The molecule has 0 aromatic heterocycles. The second-order valence-electron chi connectivity index (χ2n) is 15.5. The van der Waals surface area contributed by atoms with Crippen molar-refractivity contribution in [2.75, 3.05) is 19.8 Å². The Morgan fingerprint density at radius 2 is 1.14 bits per heavy atom. The smallest absolute Gasteiger partial charge is 0.220 e. The summed E-state index contributed by atoms with van der Waals surface area (Å²) in [4.78, 5) is 13.0. The number of aliphatic hydroxyl groups is 8. The summed E-state index contributed by atoms with van der Waals surface area (Å²) in [6, 6.07) is -0.930. The van der Waals surface area contributed by atoms with Gasteiger partial charge in [0, 0.05) is 6.42 Å². The predicted octanol–water partition coefficient (Wildman–Crippen LogP) is 3.59. The van der Waals surface area contributed by atoms with E-state index in [2.05, 4.69) is 43.5 Å². The van der Waals surface area contributed by atoms with E-state index >= 15 is 0 Å². The second-order valence-corrected chi connectivity index (χ2v) is 15.5. The zero-order valence-electron chi connectivity index (χ0n) is 34.6. The summed E-state index contributed by atoms with van der Waals surface area (Å²) in [5, 5.41) is 86.2. The molecule has 2 aliphatic rings. The van der Waals surface area contributed by atoms with E-state index in [0.29, 0.717) is 12.8 Å². The highest BCUT2D eigenvalue weighted by molar-refractivity contribution is 5.76. The number of hydrogen-bond donors (Lipinski definition) is 9. The van der Waals surface area contributed by atoms with Gasteiger partial charge in [-0.25, -0.2) is 0 Å². The van der Waals surface area contributed by atoms with Gasteiger partial charge in [0.05, 0.1) is 32.0 Å². The normalized spacial score (nSPS) is 29.4. The zero-order chi connectivity index (χ0) is 41.8. The topological polar surface area (TPSA) is 228 Å². The van der Waals surface area contributed by atoms with Gasteiger partial charge in [0.2, 0.25) is 5.91 Å². The third-order valence-electron chi connectivity index (χ3n) is 10.5. The standard InChI is InChI=1S/C43H77NO13/c1-3-5-7-9-11-13-15-17-18-20-22-24-26-32(47)31(44-35(48)27-25-23-21-19-16-14-12-10-8-6-4-2)30-54-42-40(53)38(51)41(34(29-46)56-42)57-43-39(52)37(50)36(49)33(28-45)55-43/h10,12,17-18,24,26,31-34,36-43,45-47,49-53H,3-9,11,13-16,19-23,25,27-30H2,1-2H3,(H,44,48)/b12-10-,18-17+,26-24+. The summed E-state index contributed by atoms with van der Waals surface area (Å²) in [7, 11) is 0. The van der Waals surface area contributed by atoms with Crippen LogP contribution in [-0.4, -0.2) is 140 Å². The van der Waals surface area contributed by atoms with Gasteiger partial charge >= 0.3 is 0 Å². The van der Waals surface area contributed by atoms with Crippen LogP contribution in [0.3, 0.4) is 0 Å². The van der Waals surface area contributed by atoms with E-state index in [4.69, 9.17) is 18.9 Å². The highest BCUT2D eigenvalue weighted by atomic mass is 16.7. The number of carbonyl (C=O) groups excluding carboxylic acids is 1. The molecular formula is C43H77NO13. The maximum atomic E-state index is 13.0. The maximum Gasteiger partial charge on any atom is 0.220 e. The van der Waals surface area contributed by atoms with Crippen LogP contribution in [0.2, 0.25) is 0 Å². The molecule has 1 amide bonds. The van der Waals surface area contributed by atoms with Crippen LogP contribution in [0.25, 0.3) is 0 Å². The summed E-state index contributed by atoms with van der Waals surface area (Å²) in [6.07, 6.45) is 14.9. The fraction of sp³-hybridized carbons (Fsp3) is 0.837. The minimum atomic E-state index is -1.79. The summed E-state index contributed by atoms with van der Waals surface area (Å²) in [6.45, 7) is 2.66. The molecule has 0 aromatic carbocycles. The van der Waals surface area contributed by atoms with Crippen LogP contribution in [0.5, 0.6) is 0 Å². The van der Waals surface area contributed by atoms with E-state index in [0.717, 1.165) is 51.4 Å². The van der Waals surface area contributed by atoms with E-state index in [9.17, 15) is 45.6 Å². The van der Waals surface area contributed by atoms with Crippen molar-refractivity contribution in [1.29, 1.82) is 0 Å². The molecule has 0 aromatic rings. The predicted molar refractivity (Wildman–Crippen MR) is 217 cm³/mol. The number of carbonyl (C=O) groups is 1. The van der Waals surface area contributed by atoms with Gasteiger partial charge in [-0.3, -0.25) is 4.79 Å². The van der Waals surface area contributed by atoms with Gasteiger partial charge in [-0.15, -0.1) is 0 Å². The van der Waals surface area contributed by atoms with Crippen LogP contribution in [0.1, 0.15) is 136 Å². The summed E-state index contributed by atoms with van der Waals surface area (Å²) in [5.74, 6) is -0.265. The molecule has 57 heavy (non-hydrogen) atoms. The van der Waals surface area contributed by atoms with Crippen molar-refractivity contribution in [3.8, 4) is 0 Å². The Hall–Kier alpha value is -1.79. The molecule has 0 saturated carbocycles. The Labute approximate surface area is 341 Å². The summed E-state index contributed by atoms with van der Waals surface area (Å²) in [5.41, 5.74) is 0. The molecule has 12 unspecified atom stereocenters. The molecule has 2 saturated heterocycles. The molecule has 0 bridgehead atoms. The first-order valence-corrected chi connectivity index (χ1v) is 21.7. The van der Waals surface area contributed by atoms with E-state index in [1.165, 1.54) is 51.4 Å². The molecule has 0 aliphatic carbocycles. The Kier molecular flexibility index (Phi) is 28.1. The molecule has 2 aliphatic heterocycles. The Bertz CT molecular complexity index is 1100. The third-order valence-corrected chi connectivity index (χ3v) is 10.5. The van der Waals surface area contributed by atoms with Crippen molar-refractivity contribution >= 4 is 5.91 Å². The second kappa shape index (κ2) is 31.1. The molecule has 0 radical (unpaired) electrons. The van der Waals surface area contributed by atoms with Crippen LogP contribution in [-0.2, 0) is 23.7 Å². The van der Waals surface area contributed by atoms with Gasteiger partial charge in [0.15, 0.2) is 12.6 Å². The first-order valence-electron chi connectivity index (χ1n) is 21.7. The number of aliphatic hydroxyl groups excluding tert-OH is 8. The van der Waals surface area contributed by atoms with Crippen molar-refractivity contribution in [2.45, 2.75) is 209 Å². The number of hydrogen-bond acceptors (Lipinski definition) is 13. The van der Waals surface area contributed by atoms with Crippen LogP contribution >= 0.6 is 0 Å². The minimum Gasteiger partial charge on any atom is -0.394 e. The van der Waals surface area contributed by atoms with E-state index < -0.39 is 86.8 Å². The Balaban J connectivity index is 1.95. The fourth-order valence-corrected chi connectivity index (χ4v) is 6.87. The highest BCUT2D eigenvalue weighted by Crippen LogP contribution is 2.29.